The van der Waals surface area contributed by atoms with Crippen LogP contribution in [0.2, 0.25) is 0 Å². The summed E-state index contributed by atoms with van der Waals surface area (Å²) in [5.41, 5.74) is 3.00. The van der Waals surface area contributed by atoms with Crippen molar-refractivity contribution in [2.75, 3.05) is 13.7 Å². The van der Waals surface area contributed by atoms with Gasteiger partial charge in [0, 0.05) is 0 Å². The first-order valence-electron chi connectivity index (χ1n) is 6.62. The highest BCUT2D eigenvalue weighted by molar-refractivity contribution is 6.00. The Morgan fingerprint density at radius 3 is 2.38 bits per heavy atom. The number of esters is 2. The van der Waals surface area contributed by atoms with Gasteiger partial charge >= 0.3 is 11.9 Å². The second-order valence-corrected chi connectivity index (χ2v) is 4.55. The minimum atomic E-state index is -0.529. The smallest absolute Gasteiger partial charge is 0.354 e. The molecule has 0 radical (unpaired) electrons. The van der Waals surface area contributed by atoms with Crippen LogP contribution in [0.3, 0.4) is 0 Å². The van der Waals surface area contributed by atoms with Gasteiger partial charge in [-0.3, -0.25) is 0 Å². The summed E-state index contributed by atoms with van der Waals surface area (Å²) in [6.45, 7) is 3.98. The third-order valence-corrected chi connectivity index (χ3v) is 3.06. The predicted molar refractivity (Wildman–Crippen MR) is 78.3 cm³/mol. The summed E-state index contributed by atoms with van der Waals surface area (Å²) in [7, 11) is 1.29. The highest BCUT2D eigenvalue weighted by atomic mass is 16.5. The van der Waals surface area contributed by atoms with Crippen molar-refractivity contribution in [1.82, 2.24) is 4.98 Å². The van der Waals surface area contributed by atoms with Crippen LogP contribution in [0.5, 0.6) is 0 Å². The number of aromatic amines is 1. The van der Waals surface area contributed by atoms with Gasteiger partial charge in [-0.1, -0.05) is 29.8 Å². The fraction of sp³-hybridized carbons (Fsp3) is 0.250. The van der Waals surface area contributed by atoms with Crippen molar-refractivity contribution >= 4 is 11.9 Å². The van der Waals surface area contributed by atoms with Gasteiger partial charge in [0.15, 0.2) is 0 Å². The standard InChI is InChI=1S/C16H17NO4/c1-4-21-15(18)12-9-13(16(19)20-3)17-14(12)11-7-5-10(2)6-8-11/h5-9,17H,4H2,1-3H3. The summed E-state index contributed by atoms with van der Waals surface area (Å²) in [6.07, 6.45) is 0. The molecule has 0 aliphatic heterocycles. The number of methoxy groups -OCH3 is 1. The summed E-state index contributed by atoms with van der Waals surface area (Å²) in [5.74, 6) is -1.00. The molecular weight excluding hydrogens is 270 g/mol. The fourth-order valence-electron chi connectivity index (χ4n) is 1.99. The minimum Gasteiger partial charge on any atom is -0.464 e. The van der Waals surface area contributed by atoms with Crippen LogP contribution in [0.4, 0.5) is 0 Å². The average Bonchev–Trinajstić information content (AvgIpc) is 2.92. The molecule has 0 fully saturated rings. The molecule has 1 aromatic heterocycles. The first-order chi connectivity index (χ1) is 10.1. The first kappa shape index (κ1) is 14.8. The lowest BCUT2D eigenvalue weighted by Gasteiger charge is -2.04. The van der Waals surface area contributed by atoms with Crippen molar-refractivity contribution in [2.24, 2.45) is 0 Å². The van der Waals surface area contributed by atoms with Crippen LogP contribution in [0.25, 0.3) is 11.3 Å². The number of H-pyrrole nitrogens is 1. The fourth-order valence-corrected chi connectivity index (χ4v) is 1.99. The van der Waals surface area contributed by atoms with Gasteiger partial charge in [-0.15, -0.1) is 0 Å². The molecule has 1 N–H and O–H groups in total. The molecular formula is C16H17NO4. The minimum absolute atomic E-state index is 0.219. The lowest BCUT2D eigenvalue weighted by Crippen LogP contribution is -2.05. The van der Waals surface area contributed by atoms with E-state index in [1.54, 1.807) is 6.92 Å². The van der Waals surface area contributed by atoms with E-state index in [0.29, 0.717) is 11.3 Å². The molecule has 0 saturated heterocycles. The molecule has 5 nitrogen and oxygen atoms in total. The lowest BCUT2D eigenvalue weighted by molar-refractivity contribution is 0.0527. The zero-order chi connectivity index (χ0) is 15.4. The van der Waals surface area contributed by atoms with Crippen molar-refractivity contribution in [3.8, 4) is 11.3 Å². The Bertz CT molecular complexity index is 655. The van der Waals surface area contributed by atoms with E-state index in [4.69, 9.17) is 4.74 Å². The zero-order valence-electron chi connectivity index (χ0n) is 12.2. The molecule has 21 heavy (non-hydrogen) atoms. The molecule has 0 atom stereocenters. The third-order valence-electron chi connectivity index (χ3n) is 3.06. The van der Waals surface area contributed by atoms with E-state index in [1.807, 2.05) is 31.2 Å². The van der Waals surface area contributed by atoms with Crippen LogP contribution in [0, 0.1) is 6.92 Å². The van der Waals surface area contributed by atoms with E-state index in [-0.39, 0.29) is 12.3 Å². The number of hydrogen-bond donors (Lipinski definition) is 1. The van der Waals surface area contributed by atoms with E-state index in [9.17, 15) is 9.59 Å². The SMILES string of the molecule is CCOC(=O)c1cc(C(=O)OC)[nH]c1-c1ccc(C)cc1. The summed E-state index contributed by atoms with van der Waals surface area (Å²) in [5, 5.41) is 0. The number of benzene rings is 1. The van der Waals surface area contributed by atoms with Crippen molar-refractivity contribution in [1.29, 1.82) is 0 Å². The van der Waals surface area contributed by atoms with E-state index < -0.39 is 11.9 Å². The van der Waals surface area contributed by atoms with Crippen molar-refractivity contribution in [3.63, 3.8) is 0 Å². The summed E-state index contributed by atoms with van der Waals surface area (Å²) in [6, 6.07) is 9.08. The number of aromatic nitrogens is 1. The molecule has 1 aromatic carbocycles. The molecule has 2 aromatic rings. The van der Waals surface area contributed by atoms with Gasteiger partial charge in [0.05, 0.1) is 25.0 Å². The summed E-state index contributed by atoms with van der Waals surface area (Å²) < 4.78 is 9.71. The van der Waals surface area contributed by atoms with Crippen molar-refractivity contribution < 1.29 is 19.1 Å². The number of hydrogen-bond acceptors (Lipinski definition) is 4. The molecule has 0 unspecified atom stereocenters. The third kappa shape index (κ3) is 3.13. The number of aryl methyl sites for hydroxylation is 1. The van der Waals surface area contributed by atoms with Gasteiger partial charge in [-0.05, 0) is 25.5 Å². The van der Waals surface area contributed by atoms with Crippen molar-refractivity contribution in [3.05, 3.63) is 47.2 Å². The monoisotopic (exact) mass is 287 g/mol. The predicted octanol–water partition coefficient (Wildman–Crippen LogP) is 2.95. The van der Waals surface area contributed by atoms with Crippen LogP contribution >= 0.6 is 0 Å². The topological polar surface area (TPSA) is 68.4 Å². The summed E-state index contributed by atoms with van der Waals surface area (Å²) >= 11 is 0. The number of rotatable bonds is 4. The molecule has 0 spiro atoms. The van der Waals surface area contributed by atoms with E-state index >= 15 is 0 Å². The second-order valence-electron chi connectivity index (χ2n) is 4.55. The maximum Gasteiger partial charge on any atom is 0.354 e. The van der Waals surface area contributed by atoms with Crippen molar-refractivity contribution in [2.45, 2.75) is 13.8 Å². The number of nitrogens with one attached hydrogen (secondary N) is 1. The Hall–Kier alpha value is -2.56. The maximum atomic E-state index is 12.0. The normalized spacial score (nSPS) is 10.2. The Morgan fingerprint density at radius 1 is 1.14 bits per heavy atom. The highest BCUT2D eigenvalue weighted by Crippen LogP contribution is 2.25. The quantitative estimate of drug-likeness (QED) is 0.878. The number of carbonyl (C=O) groups excluding carboxylic acids is 2. The Labute approximate surface area is 122 Å². The van der Waals surface area contributed by atoms with Crippen LogP contribution in [-0.4, -0.2) is 30.6 Å². The van der Waals surface area contributed by atoms with Gasteiger partial charge in [0.1, 0.15) is 5.69 Å². The van der Waals surface area contributed by atoms with E-state index in [2.05, 4.69) is 9.72 Å². The molecule has 110 valence electrons. The van der Waals surface area contributed by atoms with Crippen LogP contribution in [-0.2, 0) is 9.47 Å². The van der Waals surface area contributed by atoms with Crippen LogP contribution in [0.1, 0.15) is 33.3 Å². The molecule has 5 heteroatoms. The van der Waals surface area contributed by atoms with Gasteiger partial charge < -0.3 is 14.5 Å². The number of ether oxygens (including phenoxy) is 2. The van der Waals surface area contributed by atoms with Crippen LogP contribution < -0.4 is 0 Å². The van der Waals surface area contributed by atoms with Gasteiger partial charge in [-0.2, -0.15) is 0 Å². The molecule has 0 aliphatic rings. The number of carbonyl (C=O) groups is 2. The Balaban J connectivity index is 2.51. The average molecular weight is 287 g/mol. The molecule has 0 saturated carbocycles. The van der Waals surface area contributed by atoms with Gasteiger partial charge in [0.25, 0.3) is 0 Å². The largest absolute Gasteiger partial charge is 0.464 e. The molecule has 2 rings (SSSR count). The Kier molecular flexibility index (Phi) is 4.42. The van der Waals surface area contributed by atoms with E-state index in [1.165, 1.54) is 13.2 Å². The first-order valence-corrected chi connectivity index (χ1v) is 6.62. The molecule has 1 heterocycles. The van der Waals surface area contributed by atoms with E-state index in [0.717, 1.165) is 11.1 Å². The van der Waals surface area contributed by atoms with Gasteiger partial charge in [0.2, 0.25) is 0 Å². The van der Waals surface area contributed by atoms with Crippen LogP contribution in [0.15, 0.2) is 30.3 Å². The lowest BCUT2D eigenvalue weighted by atomic mass is 10.1. The molecule has 0 aliphatic carbocycles. The van der Waals surface area contributed by atoms with Gasteiger partial charge in [-0.25, -0.2) is 9.59 Å². The highest BCUT2D eigenvalue weighted by Gasteiger charge is 2.21. The molecule has 0 amide bonds. The summed E-state index contributed by atoms with van der Waals surface area (Å²) in [4.78, 5) is 26.6. The Morgan fingerprint density at radius 2 is 1.81 bits per heavy atom. The molecule has 0 bridgehead atoms. The second kappa shape index (κ2) is 6.26. The maximum absolute atomic E-state index is 12.0. The zero-order valence-corrected chi connectivity index (χ0v) is 12.2.